The van der Waals surface area contributed by atoms with Crippen LogP contribution in [0.5, 0.6) is 0 Å². The number of pyridine rings is 3. The molecular formula is C43H46N8O6S. The molecule has 6 aromatic rings. The molecule has 15 heteroatoms. The lowest BCUT2D eigenvalue weighted by Gasteiger charge is -2.31. The molecule has 0 spiro atoms. The van der Waals surface area contributed by atoms with Gasteiger partial charge in [0.25, 0.3) is 15.9 Å². The predicted octanol–water partition coefficient (Wildman–Crippen LogP) is 6.95. The Morgan fingerprint density at radius 3 is 2.41 bits per heavy atom. The van der Waals surface area contributed by atoms with Gasteiger partial charge in [-0.3, -0.25) is 14.8 Å². The highest BCUT2D eigenvalue weighted by Crippen LogP contribution is 2.39. The van der Waals surface area contributed by atoms with Gasteiger partial charge in [0.1, 0.15) is 0 Å². The molecule has 58 heavy (non-hydrogen) atoms. The Morgan fingerprint density at radius 2 is 1.67 bits per heavy atom. The number of benzene rings is 2. The number of hydrogen-bond donors (Lipinski definition) is 5. The molecule has 2 fully saturated rings. The molecule has 1 saturated heterocycles. The van der Waals surface area contributed by atoms with Crippen LogP contribution in [0, 0.1) is 12.8 Å². The molecule has 5 N–H and O–H groups in total. The first-order valence-electron chi connectivity index (χ1n) is 19.6. The van der Waals surface area contributed by atoms with Gasteiger partial charge in [0.15, 0.2) is 5.65 Å². The van der Waals surface area contributed by atoms with Gasteiger partial charge in [-0.25, -0.2) is 22.2 Å². The maximum atomic E-state index is 14.3. The Balaban J connectivity index is 1.21. The quantitative estimate of drug-likeness (QED) is 0.0861. The Morgan fingerprint density at radius 1 is 0.897 bits per heavy atom. The lowest BCUT2D eigenvalue weighted by molar-refractivity contribution is 0.0699. The predicted molar refractivity (Wildman–Crippen MR) is 222 cm³/mol. The maximum Gasteiger partial charge on any atom is 0.404 e. The van der Waals surface area contributed by atoms with Crippen LogP contribution in [0.15, 0.2) is 96.5 Å². The molecule has 0 bridgehead atoms. The molecular weight excluding hydrogens is 757 g/mol. The third-order valence-corrected chi connectivity index (χ3v) is 12.8. The van der Waals surface area contributed by atoms with Gasteiger partial charge in [-0.05, 0) is 98.9 Å². The van der Waals surface area contributed by atoms with E-state index in [0.29, 0.717) is 35.3 Å². The van der Waals surface area contributed by atoms with Crippen molar-refractivity contribution in [3.05, 3.63) is 108 Å². The summed E-state index contributed by atoms with van der Waals surface area (Å²) in [6, 6.07) is 17.9. The van der Waals surface area contributed by atoms with Crippen LogP contribution < -0.4 is 21.3 Å². The van der Waals surface area contributed by atoms with Crippen LogP contribution in [0.4, 0.5) is 16.2 Å². The molecule has 8 rings (SSSR count). The number of aryl methyl sites for hydroxylation is 1. The van der Waals surface area contributed by atoms with Crippen molar-refractivity contribution in [1.29, 1.82) is 0 Å². The fourth-order valence-electron chi connectivity index (χ4n) is 7.84. The van der Waals surface area contributed by atoms with Crippen molar-refractivity contribution in [2.24, 2.45) is 5.92 Å². The molecule has 1 aliphatic heterocycles. The second-order valence-electron chi connectivity index (χ2n) is 15.2. The summed E-state index contributed by atoms with van der Waals surface area (Å²) < 4.78 is 35.3. The molecule has 300 valence electrons. The molecule has 5 heterocycles. The molecule has 14 nitrogen and oxygen atoms in total. The van der Waals surface area contributed by atoms with Crippen molar-refractivity contribution in [2.75, 3.05) is 30.4 Å². The third kappa shape index (κ3) is 8.46. The highest BCUT2D eigenvalue weighted by Gasteiger charge is 2.27. The highest BCUT2D eigenvalue weighted by atomic mass is 32.2. The van der Waals surface area contributed by atoms with E-state index < -0.39 is 16.1 Å². The van der Waals surface area contributed by atoms with E-state index in [1.807, 2.05) is 37.4 Å². The van der Waals surface area contributed by atoms with E-state index in [9.17, 15) is 23.1 Å². The first-order chi connectivity index (χ1) is 28.1. The zero-order valence-electron chi connectivity index (χ0n) is 32.1. The minimum absolute atomic E-state index is 0.0863. The first-order valence-corrected chi connectivity index (χ1v) is 21.1. The van der Waals surface area contributed by atoms with Gasteiger partial charge in [0, 0.05) is 79.5 Å². The summed E-state index contributed by atoms with van der Waals surface area (Å²) >= 11 is 0. The summed E-state index contributed by atoms with van der Waals surface area (Å²) in [5.74, 6) is 0.0899. The zero-order chi connectivity index (χ0) is 40.2. The summed E-state index contributed by atoms with van der Waals surface area (Å²) in [7, 11) is -4.09. The number of ether oxygens (including phenoxy) is 1. The monoisotopic (exact) mass is 802 g/mol. The van der Waals surface area contributed by atoms with Crippen LogP contribution in [0.3, 0.4) is 0 Å². The molecule has 0 radical (unpaired) electrons. The fourth-order valence-corrected chi connectivity index (χ4v) is 9.17. The molecule has 4 aromatic heterocycles. The number of hydrogen-bond acceptors (Lipinski definition) is 10. The van der Waals surface area contributed by atoms with Gasteiger partial charge in [-0.15, -0.1) is 0 Å². The van der Waals surface area contributed by atoms with Crippen molar-refractivity contribution in [2.45, 2.75) is 69.0 Å². The van der Waals surface area contributed by atoms with Gasteiger partial charge < -0.3 is 31.1 Å². The molecule has 2 aromatic carbocycles. The second-order valence-corrected chi connectivity index (χ2v) is 17.0. The number of fused-ring (bicyclic) bond motifs is 2. The van der Waals surface area contributed by atoms with E-state index in [2.05, 4.69) is 31.2 Å². The van der Waals surface area contributed by atoms with Crippen LogP contribution >= 0.6 is 0 Å². The normalized spacial score (nSPS) is 17.5. The maximum absolute atomic E-state index is 14.3. The number of amides is 2. The lowest BCUT2D eigenvalue weighted by atomic mass is 9.90. The second kappa shape index (κ2) is 16.8. The van der Waals surface area contributed by atoms with Crippen LogP contribution in [0.2, 0.25) is 0 Å². The lowest BCUT2D eigenvalue weighted by Crippen LogP contribution is -2.39. The Kier molecular flexibility index (Phi) is 11.2. The minimum Gasteiger partial charge on any atom is -0.465 e. The van der Waals surface area contributed by atoms with Crippen molar-refractivity contribution >= 4 is 55.3 Å². The van der Waals surface area contributed by atoms with Crippen molar-refractivity contribution in [3.8, 4) is 11.1 Å². The number of carboxylic acid groups (broad SMARTS) is 1. The smallest absolute Gasteiger partial charge is 0.404 e. The van der Waals surface area contributed by atoms with Crippen molar-refractivity contribution < 1.29 is 27.9 Å². The Bertz CT molecular complexity index is 2550. The average Bonchev–Trinajstić information content (AvgIpc) is 3.64. The SMILES string of the molecule is Cc1ccc(S(=O)(=O)n2cc(-c3ccc4ncc(NCC5CCOCC5)c(NC5CCC(NC(=O)O)CC5)c4c3)c3cc(C(=O)NCc4cccnc4)cnc32)cc1. The number of anilines is 2. The van der Waals surface area contributed by atoms with Gasteiger partial charge in [0.2, 0.25) is 0 Å². The molecule has 1 saturated carbocycles. The molecule has 0 atom stereocenters. The average molecular weight is 803 g/mol. The van der Waals surface area contributed by atoms with E-state index in [1.54, 1.807) is 55.0 Å². The number of carbonyl (C=O) groups is 2. The summed E-state index contributed by atoms with van der Waals surface area (Å²) in [6.07, 6.45) is 12.1. The summed E-state index contributed by atoms with van der Waals surface area (Å²) in [6.45, 7) is 4.38. The van der Waals surface area contributed by atoms with E-state index >= 15 is 0 Å². The summed E-state index contributed by atoms with van der Waals surface area (Å²) in [5.41, 5.74) is 5.99. The van der Waals surface area contributed by atoms with Crippen LogP contribution in [0.1, 0.15) is 60.0 Å². The Labute approximate surface area is 336 Å². The van der Waals surface area contributed by atoms with E-state index in [-0.39, 0.29) is 40.6 Å². The van der Waals surface area contributed by atoms with Gasteiger partial charge in [-0.2, -0.15) is 0 Å². The van der Waals surface area contributed by atoms with Crippen LogP contribution in [-0.2, 0) is 21.3 Å². The van der Waals surface area contributed by atoms with E-state index in [0.717, 1.165) is 78.8 Å². The van der Waals surface area contributed by atoms with Crippen molar-refractivity contribution in [1.82, 2.24) is 29.6 Å². The largest absolute Gasteiger partial charge is 0.465 e. The third-order valence-electron chi connectivity index (χ3n) is 11.1. The molecule has 2 amide bonds. The number of rotatable bonds is 12. The number of nitrogens with zero attached hydrogens (tertiary/aromatic N) is 4. The zero-order valence-corrected chi connectivity index (χ0v) is 33.0. The minimum atomic E-state index is -4.09. The number of aromatic nitrogens is 4. The number of nitrogens with one attached hydrogen (secondary N) is 4. The Hall–Kier alpha value is -6.06. The molecule has 0 unspecified atom stereocenters. The van der Waals surface area contributed by atoms with Gasteiger partial charge in [0.05, 0.1) is 33.5 Å². The van der Waals surface area contributed by atoms with Gasteiger partial charge in [-0.1, -0.05) is 29.8 Å². The van der Waals surface area contributed by atoms with E-state index in [1.165, 1.54) is 10.2 Å². The van der Waals surface area contributed by atoms with Crippen molar-refractivity contribution in [3.63, 3.8) is 0 Å². The van der Waals surface area contributed by atoms with Crippen LogP contribution in [0.25, 0.3) is 33.1 Å². The molecule has 2 aliphatic rings. The fraction of sp³-hybridized carbons (Fsp3) is 0.326. The topological polar surface area (TPSA) is 189 Å². The van der Waals surface area contributed by atoms with Gasteiger partial charge >= 0.3 is 6.09 Å². The highest BCUT2D eigenvalue weighted by molar-refractivity contribution is 7.90. The summed E-state index contributed by atoms with van der Waals surface area (Å²) in [5, 5.41) is 23.6. The molecule has 1 aliphatic carbocycles. The van der Waals surface area contributed by atoms with Crippen LogP contribution in [-0.4, -0.2) is 76.3 Å². The number of carbonyl (C=O) groups excluding carboxylic acids is 1. The summed E-state index contributed by atoms with van der Waals surface area (Å²) in [4.78, 5) is 38.5. The first kappa shape index (κ1) is 38.8. The standard InChI is InChI=1S/C43H46N8O6S/c1-27-4-11-34(12-5-27)58(55,56)51-26-37(35-20-31(24-47-41(35)51)42(52)48-23-29-3-2-16-44-21-29)30-6-13-38-36(19-30)40(49-32-7-9-33(10-8-32)50-43(53)54)39(25-46-38)45-22-28-14-17-57-18-15-28/h2-6,11-13,16,19-21,24-26,28,32-33,45,50H,7-10,14-15,17-18,22-23H2,1H3,(H,46,49)(H,48,52)(H,53,54). The van der Waals surface area contributed by atoms with E-state index in [4.69, 9.17) is 9.72 Å².